The molecule has 0 atom stereocenters. The molecule has 1 saturated carbocycles. The molecule has 20 heavy (non-hydrogen) atoms. The number of rotatable bonds is 6. The summed E-state index contributed by atoms with van der Waals surface area (Å²) < 4.78 is 5.46. The quantitative estimate of drug-likeness (QED) is 0.810. The van der Waals surface area contributed by atoms with Crippen molar-refractivity contribution in [3.63, 3.8) is 0 Å². The normalized spacial score (nSPS) is 29.6. The monoisotopic (exact) mass is 282 g/mol. The minimum absolute atomic E-state index is 0.254. The predicted octanol–water partition coefficient (Wildman–Crippen LogP) is 3.05. The number of hydrogen-bond acceptors (Lipinski definition) is 3. The van der Waals surface area contributed by atoms with E-state index in [2.05, 4.69) is 31.0 Å². The summed E-state index contributed by atoms with van der Waals surface area (Å²) in [6.07, 6.45) is 8.42. The molecule has 2 aliphatic rings. The van der Waals surface area contributed by atoms with Crippen molar-refractivity contribution < 1.29 is 4.74 Å². The van der Waals surface area contributed by atoms with Gasteiger partial charge >= 0.3 is 0 Å². The van der Waals surface area contributed by atoms with Crippen LogP contribution >= 0.6 is 0 Å². The zero-order chi connectivity index (χ0) is 14.4. The molecule has 118 valence electrons. The Bertz CT molecular complexity index is 266. The third-order valence-corrected chi connectivity index (χ3v) is 5.23. The predicted molar refractivity (Wildman–Crippen MR) is 85.1 cm³/mol. The average molecular weight is 282 g/mol. The maximum atomic E-state index is 5.46. The van der Waals surface area contributed by atoms with Gasteiger partial charge in [-0.05, 0) is 45.4 Å². The van der Waals surface area contributed by atoms with Gasteiger partial charge in [-0.1, -0.05) is 19.8 Å². The fourth-order valence-corrected chi connectivity index (χ4v) is 3.74. The zero-order valence-electron chi connectivity index (χ0n) is 13.8. The lowest BCUT2D eigenvalue weighted by atomic mass is 9.83. The molecule has 1 aliphatic heterocycles. The van der Waals surface area contributed by atoms with Crippen LogP contribution in [0.2, 0.25) is 0 Å². The Morgan fingerprint density at radius 1 is 1.10 bits per heavy atom. The second kappa shape index (κ2) is 7.77. The maximum absolute atomic E-state index is 5.46. The molecule has 3 heteroatoms. The number of morpholine rings is 1. The van der Waals surface area contributed by atoms with Crippen LogP contribution in [0.25, 0.3) is 0 Å². The van der Waals surface area contributed by atoms with Crippen molar-refractivity contribution in [2.24, 2.45) is 5.92 Å². The van der Waals surface area contributed by atoms with Gasteiger partial charge in [0.1, 0.15) is 0 Å². The Hall–Kier alpha value is -0.120. The van der Waals surface area contributed by atoms with E-state index in [0.717, 1.165) is 44.8 Å². The van der Waals surface area contributed by atoms with E-state index < -0.39 is 0 Å². The van der Waals surface area contributed by atoms with E-state index in [1.54, 1.807) is 0 Å². The molecule has 0 radical (unpaired) electrons. The van der Waals surface area contributed by atoms with Crippen LogP contribution in [0.15, 0.2) is 0 Å². The fourth-order valence-electron chi connectivity index (χ4n) is 3.74. The second-order valence-corrected chi connectivity index (χ2v) is 7.30. The van der Waals surface area contributed by atoms with E-state index in [1.807, 2.05) is 0 Å². The summed E-state index contributed by atoms with van der Waals surface area (Å²) in [7, 11) is 0. The Kier molecular flexibility index (Phi) is 6.31. The first-order valence-corrected chi connectivity index (χ1v) is 8.68. The molecular formula is C17H34N2O. The summed E-state index contributed by atoms with van der Waals surface area (Å²) >= 11 is 0. The SMILES string of the molecule is CCCC1CCC(NCC(C)(C)N2CCOCC2)CC1. The van der Waals surface area contributed by atoms with Crippen LogP contribution < -0.4 is 5.32 Å². The zero-order valence-corrected chi connectivity index (χ0v) is 13.8. The van der Waals surface area contributed by atoms with Crippen LogP contribution in [0.1, 0.15) is 59.3 Å². The number of nitrogens with one attached hydrogen (secondary N) is 1. The van der Waals surface area contributed by atoms with Gasteiger partial charge in [0.25, 0.3) is 0 Å². The van der Waals surface area contributed by atoms with Crippen molar-refractivity contribution in [2.75, 3.05) is 32.8 Å². The van der Waals surface area contributed by atoms with E-state index in [1.165, 1.54) is 38.5 Å². The molecule has 1 aliphatic carbocycles. The lowest BCUT2D eigenvalue weighted by molar-refractivity contribution is -0.0108. The highest BCUT2D eigenvalue weighted by Crippen LogP contribution is 2.28. The summed E-state index contributed by atoms with van der Waals surface area (Å²) in [6, 6.07) is 0.753. The highest BCUT2D eigenvalue weighted by atomic mass is 16.5. The third-order valence-electron chi connectivity index (χ3n) is 5.23. The van der Waals surface area contributed by atoms with Crippen LogP contribution in [0.4, 0.5) is 0 Å². The standard InChI is InChI=1S/C17H34N2O/c1-4-5-15-6-8-16(9-7-15)18-14-17(2,3)19-10-12-20-13-11-19/h15-16,18H,4-14H2,1-3H3. The fraction of sp³-hybridized carbons (Fsp3) is 1.00. The molecule has 2 fully saturated rings. The van der Waals surface area contributed by atoms with E-state index >= 15 is 0 Å². The van der Waals surface area contributed by atoms with Gasteiger partial charge in [-0.15, -0.1) is 0 Å². The van der Waals surface area contributed by atoms with Crippen LogP contribution in [0.5, 0.6) is 0 Å². The summed E-state index contributed by atoms with van der Waals surface area (Å²) in [6.45, 7) is 12.1. The maximum Gasteiger partial charge on any atom is 0.0594 e. The molecule has 0 aromatic heterocycles. The lowest BCUT2D eigenvalue weighted by Gasteiger charge is -2.42. The summed E-state index contributed by atoms with van der Waals surface area (Å²) in [5, 5.41) is 3.84. The molecule has 2 rings (SSSR count). The van der Waals surface area contributed by atoms with Gasteiger partial charge < -0.3 is 10.1 Å². The first-order chi connectivity index (χ1) is 9.62. The number of ether oxygens (including phenoxy) is 1. The lowest BCUT2D eigenvalue weighted by Crippen LogP contribution is -2.56. The Labute approximate surface area is 125 Å². The molecule has 1 N–H and O–H groups in total. The average Bonchev–Trinajstić information content (AvgIpc) is 2.48. The second-order valence-electron chi connectivity index (χ2n) is 7.30. The minimum atomic E-state index is 0.254. The van der Waals surface area contributed by atoms with Gasteiger partial charge in [-0.2, -0.15) is 0 Å². The third kappa shape index (κ3) is 4.71. The van der Waals surface area contributed by atoms with E-state index in [9.17, 15) is 0 Å². The smallest absolute Gasteiger partial charge is 0.0594 e. The summed E-state index contributed by atoms with van der Waals surface area (Å²) in [4.78, 5) is 2.58. The molecule has 0 aromatic carbocycles. The number of nitrogens with zero attached hydrogens (tertiary/aromatic N) is 1. The first-order valence-electron chi connectivity index (χ1n) is 8.68. The molecule has 0 spiro atoms. The first kappa shape index (κ1) is 16.3. The summed E-state index contributed by atoms with van der Waals surface area (Å²) in [5.74, 6) is 1.00. The van der Waals surface area contributed by atoms with Crippen LogP contribution in [-0.4, -0.2) is 49.3 Å². The van der Waals surface area contributed by atoms with Gasteiger partial charge in [-0.25, -0.2) is 0 Å². The largest absolute Gasteiger partial charge is 0.379 e. The Morgan fingerprint density at radius 2 is 1.75 bits per heavy atom. The molecule has 1 saturated heterocycles. The molecule has 3 nitrogen and oxygen atoms in total. The van der Waals surface area contributed by atoms with Crippen molar-refractivity contribution in [2.45, 2.75) is 70.9 Å². The van der Waals surface area contributed by atoms with Crippen LogP contribution in [-0.2, 0) is 4.74 Å². The highest BCUT2D eigenvalue weighted by molar-refractivity contribution is 4.87. The van der Waals surface area contributed by atoms with E-state index in [0.29, 0.717) is 0 Å². The molecule has 0 bridgehead atoms. The van der Waals surface area contributed by atoms with E-state index in [-0.39, 0.29) is 5.54 Å². The van der Waals surface area contributed by atoms with E-state index in [4.69, 9.17) is 4.74 Å². The minimum Gasteiger partial charge on any atom is -0.379 e. The molecular weight excluding hydrogens is 248 g/mol. The Balaban J connectivity index is 1.69. The highest BCUT2D eigenvalue weighted by Gasteiger charge is 2.29. The molecule has 0 aromatic rings. The van der Waals surface area contributed by atoms with Crippen LogP contribution in [0, 0.1) is 5.92 Å². The van der Waals surface area contributed by atoms with Gasteiger partial charge in [0, 0.05) is 31.2 Å². The van der Waals surface area contributed by atoms with Gasteiger partial charge in [-0.3, -0.25) is 4.90 Å². The van der Waals surface area contributed by atoms with Gasteiger partial charge in [0.15, 0.2) is 0 Å². The van der Waals surface area contributed by atoms with Crippen molar-refractivity contribution in [1.29, 1.82) is 0 Å². The molecule has 1 heterocycles. The number of hydrogen-bond donors (Lipinski definition) is 1. The van der Waals surface area contributed by atoms with Crippen molar-refractivity contribution >= 4 is 0 Å². The topological polar surface area (TPSA) is 24.5 Å². The van der Waals surface area contributed by atoms with Crippen molar-refractivity contribution in [3.05, 3.63) is 0 Å². The van der Waals surface area contributed by atoms with Gasteiger partial charge in [0.2, 0.25) is 0 Å². The van der Waals surface area contributed by atoms with Crippen LogP contribution in [0.3, 0.4) is 0 Å². The van der Waals surface area contributed by atoms with Crippen molar-refractivity contribution in [3.8, 4) is 0 Å². The van der Waals surface area contributed by atoms with Gasteiger partial charge in [0.05, 0.1) is 13.2 Å². The molecule has 0 unspecified atom stereocenters. The Morgan fingerprint density at radius 3 is 2.35 bits per heavy atom. The van der Waals surface area contributed by atoms with Crippen molar-refractivity contribution in [1.82, 2.24) is 10.2 Å². The molecule has 0 amide bonds. The summed E-state index contributed by atoms with van der Waals surface area (Å²) in [5.41, 5.74) is 0.254.